The molecule has 1 aromatic carbocycles. The fourth-order valence-corrected chi connectivity index (χ4v) is 3.89. The average Bonchev–Trinajstić information content (AvgIpc) is 3.24. The van der Waals surface area contributed by atoms with Gasteiger partial charge in [-0.05, 0) is 49.2 Å². The Balaban J connectivity index is 1.42. The number of ether oxygens (including phenoxy) is 2. The number of amides is 2. The third-order valence-corrected chi connectivity index (χ3v) is 5.30. The van der Waals surface area contributed by atoms with Crippen LogP contribution in [0.3, 0.4) is 0 Å². The van der Waals surface area contributed by atoms with Crippen LogP contribution >= 0.6 is 0 Å². The van der Waals surface area contributed by atoms with Gasteiger partial charge in [0.05, 0.1) is 19.8 Å². The minimum atomic E-state index is -0.371. The highest BCUT2D eigenvalue weighted by atomic mass is 16.5. The van der Waals surface area contributed by atoms with Crippen LogP contribution in [0.1, 0.15) is 41.4 Å². The number of carbonyl (C=O) groups excluding carboxylic acids is 2. The number of carbonyl (C=O) groups is 2. The lowest BCUT2D eigenvalue weighted by Crippen LogP contribution is -2.40. The van der Waals surface area contributed by atoms with Gasteiger partial charge in [-0.3, -0.25) is 19.8 Å². The van der Waals surface area contributed by atoms with E-state index in [1.54, 1.807) is 29.9 Å². The highest BCUT2D eigenvalue weighted by molar-refractivity contribution is 6.04. The molecule has 148 valence electrons. The van der Waals surface area contributed by atoms with Crippen LogP contribution in [0.15, 0.2) is 36.5 Å². The van der Waals surface area contributed by atoms with Gasteiger partial charge in [-0.25, -0.2) is 0 Å². The van der Waals surface area contributed by atoms with Gasteiger partial charge >= 0.3 is 0 Å². The maximum absolute atomic E-state index is 12.4. The second kappa shape index (κ2) is 8.06. The molecule has 2 aromatic rings. The van der Waals surface area contributed by atoms with Crippen molar-refractivity contribution in [3.8, 4) is 11.5 Å². The second-order valence-electron chi connectivity index (χ2n) is 7.27. The van der Waals surface area contributed by atoms with Crippen LogP contribution in [0.5, 0.6) is 11.5 Å². The van der Waals surface area contributed by atoms with Crippen LogP contribution in [0.25, 0.3) is 0 Å². The van der Waals surface area contributed by atoms with Gasteiger partial charge in [0.25, 0.3) is 5.91 Å². The molecule has 1 fully saturated rings. The molecule has 1 saturated heterocycles. The van der Waals surface area contributed by atoms with E-state index in [0.29, 0.717) is 18.9 Å². The lowest BCUT2D eigenvalue weighted by molar-refractivity contribution is -0.121. The van der Waals surface area contributed by atoms with Crippen molar-refractivity contribution in [2.45, 2.75) is 25.3 Å². The Morgan fingerprint density at radius 3 is 2.75 bits per heavy atom. The molecular weight excluding hydrogens is 358 g/mol. The lowest BCUT2D eigenvalue weighted by atomic mass is 10.0. The summed E-state index contributed by atoms with van der Waals surface area (Å²) >= 11 is 0. The number of hydrogen-bond acceptors (Lipinski definition) is 5. The number of fused-ring (bicyclic) bond motifs is 1. The van der Waals surface area contributed by atoms with Crippen molar-refractivity contribution in [2.24, 2.45) is 7.05 Å². The zero-order chi connectivity index (χ0) is 19.5. The van der Waals surface area contributed by atoms with E-state index in [9.17, 15) is 9.59 Å². The number of benzene rings is 1. The van der Waals surface area contributed by atoms with Crippen LogP contribution < -0.4 is 14.8 Å². The summed E-state index contributed by atoms with van der Waals surface area (Å²) in [5, 5.41) is 2.50. The topological polar surface area (TPSA) is 72.8 Å². The van der Waals surface area contributed by atoms with Gasteiger partial charge in [0, 0.05) is 25.7 Å². The third-order valence-electron chi connectivity index (χ3n) is 5.30. The molecule has 0 bridgehead atoms. The molecule has 7 nitrogen and oxygen atoms in total. The van der Waals surface area contributed by atoms with E-state index in [1.165, 1.54) is 0 Å². The standard InChI is InChI=1S/C21H25N3O4/c1-23-9-2-6-17(23)21(26)22-20(25)14-24-10-3-5-16(24)15-7-8-18-19(13-15)28-12-4-11-27-18/h2,6-9,13,16H,3-5,10-12,14H2,1H3,(H,22,25,26). The van der Waals surface area contributed by atoms with E-state index >= 15 is 0 Å². The van der Waals surface area contributed by atoms with E-state index in [-0.39, 0.29) is 24.4 Å². The van der Waals surface area contributed by atoms with Gasteiger partial charge in [-0.1, -0.05) is 6.07 Å². The number of imide groups is 1. The van der Waals surface area contributed by atoms with Crippen molar-refractivity contribution in [3.63, 3.8) is 0 Å². The van der Waals surface area contributed by atoms with E-state index in [1.807, 2.05) is 18.2 Å². The van der Waals surface area contributed by atoms with Crippen molar-refractivity contribution >= 4 is 11.8 Å². The Hall–Kier alpha value is -2.80. The molecule has 4 rings (SSSR count). The smallest absolute Gasteiger partial charge is 0.274 e. The number of nitrogens with one attached hydrogen (secondary N) is 1. The molecule has 2 aliphatic rings. The average molecular weight is 383 g/mol. The van der Waals surface area contributed by atoms with Crippen LogP contribution in [0, 0.1) is 0 Å². The molecule has 28 heavy (non-hydrogen) atoms. The SMILES string of the molecule is Cn1cccc1C(=O)NC(=O)CN1CCCC1c1ccc2c(c1)OCCCO2. The number of hydrogen-bond donors (Lipinski definition) is 1. The summed E-state index contributed by atoms with van der Waals surface area (Å²) in [4.78, 5) is 26.8. The number of likely N-dealkylation sites (tertiary alicyclic amines) is 1. The summed E-state index contributed by atoms with van der Waals surface area (Å²) in [6.07, 6.45) is 4.63. The quantitative estimate of drug-likeness (QED) is 0.877. The number of aryl methyl sites for hydroxylation is 1. The van der Waals surface area contributed by atoms with E-state index in [4.69, 9.17) is 9.47 Å². The van der Waals surface area contributed by atoms with Crippen LogP contribution in [-0.4, -0.2) is 47.6 Å². The monoisotopic (exact) mass is 383 g/mol. The molecule has 1 atom stereocenters. The molecule has 1 aromatic heterocycles. The Morgan fingerprint density at radius 2 is 1.96 bits per heavy atom. The fraction of sp³-hybridized carbons (Fsp3) is 0.429. The molecule has 2 aliphatic heterocycles. The summed E-state index contributed by atoms with van der Waals surface area (Å²) < 4.78 is 13.2. The molecule has 0 saturated carbocycles. The predicted molar refractivity (Wildman–Crippen MR) is 103 cm³/mol. The molecule has 0 spiro atoms. The highest BCUT2D eigenvalue weighted by Crippen LogP contribution is 2.37. The van der Waals surface area contributed by atoms with E-state index in [0.717, 1.165) is 42.9 Å². The Morgan fingerprint density at radius 1 is 1.14 bits per heavy atom. The zero-order valence-electron chi connectivity index (χ0n) is 16.0. The maximum atomic E-state index is 12.4. The minimum Gasteiger partial charge on any atom is -0.490 e. The second-order valence-corrected chi connectivity index (χ2v) is 7.27. The van der Waals surface area contributed by atoms with Crippen molar-refractivity contribution in [1.29, 1.82) is 0 Å². The first kappa shape index (κ1) is 18.6. The van der Waals surface area contributed by atoms with Gasteiger partial charge in [0.15, 0.2) is 11.5 Å². The normalized spacial score (nSPS) is 19.2. The summed E-state index contributed by atoms with van der Waals surface area (Å²) in [6, 6.07) is 9.62. The number of nitrogens with zero attached hydrogens (tertiary/aromatic N) is 2. The molecule has 0 radical (unpaired) electrons. The molecule has 7 heteroatoms. The van der Waals surface area contributed by atoms with Crippen LogP contribution in [0.2, 0.25) is 0 Å². The molecular formula is C21H25N3O4. The number of rotatable bonds is 4. The minimum absolute atomic E-state index is 0.132. The van der Waals surface area contributed by atoms with Gasteiger partial charge in [-0.15, -0.1) is 0 Å². The van der Waals surface area contributed by atoms with Gasteiger partial charge in [0.2, 0.25) is 5.91 Å². The Kier molecular flexibility index (Phi) is 5.34. The molecule has 3 heterocycles. The predicted octanol–water partition coefficient (Wildman–Crippen LogP) is 2.28. The van der Waals surface area contributed by atoms with Crippen LogP contribution in [-0.2, 0) is 11.8 Å². The Bertz CT molecular complexity index is 876. The first-order valence-corrected chi connectivity index (χ1v) is 9.71. The molecule has 1 unspecified atom stereocenters. The van der Waals surface area contributed by atoms with Crippen LogP contribution in [0.4, 0.5) is 0 Å². The number of aromatic nitrogens is 1. The fourth-order valence-electron chi connectivity index (χ4n) is 3.89. The zero-order valence-corrected chi connectivity index (χ0v) is 16.0. The van der Waals surface area contributed by atoms with Crippen molar-refractivity contribution in [1.82, 2.24) is 14.8 Å². The van der Waals surface area contributed by atoms with Gasteiger partial charge in [-0.2, -0.15) is 0 Å². The van der Waals surface area contributed by atoms with E-state index in [2.05, 4.69) is 10.2 Å². The maximum Gasteiger partial charge on any atom is 0.274 e. The van der Waals surface area contributed by atoms with E-state index < -0.39 is 0 Å². The summed E-state index contributed by atoms with van der Waals surface area (Å²) in [7, 11) is 1.78. The van der Waals surface area contributed by atoms with Crippen molar-refractivity contribution in [2.75, 3.05) is 26.3 Å². The lowest BCUT2D eigenvalue weighted by Gasteiger charge is -2.24. The van der Waals surface area contributed by atoms with Gasteiger partial charge < -0.3 is 14.0 Å². The first-order valence-electron chi connectivity index (χ1n) is 9.71. The summed E-state index contributed by atoms with van der Waals surface area (Å²) in [5.41, 5.74) is 1.58. The van der Waals surface area contributed by atoms with Crippen molar-refractivity contribution in [3.05, 3.63) is 47.8 Å². The largest absolute Gasteiger partial charge is 0.490 e. The first-order chi connectivity index (χ1) is 13.6. The van der Waals surface area contributed by atoms with Crippen molar-refractivity contribution < 1.29 is 19.1 Å². The molecule has 1 N–H and O–H groups in total. The van der Waals surface area contributed by atoms with Gasteiger partial charge in [0.1, 0.15) is 5.69 Å². The highest BCUT2D eigenvalue weighted by Gasteiger charge is 2.29. The summed E-state index contributed by atoms with van der Waals surface area (Å²) in [5.74, 6) is 0.887. The third kappa shape index (κ3) is 3.89. The molecule has 0 aliphatic carbocycles. The Labute approximate surface area is 164 Å². The molecule has 2 amide bonds. The summed E-state index contributed by atoms with van der Waals surface area (Å²) in [6.45, 7) is 2.33.